The fourth-order valence-corrected chi connectivity index (χ4v) is 10.2. The minimum Gasteiger partial charge on any atom is -0.308 e. The number of rotatable bonds is 5. The van der Waals surface area contributed by atoms with E-state index >= 15 is 0 Å². The largest absolute Gasteiger partial charge is 0.308 e. The Hall–Kier alpha value is -8.81. The highest BCUT2D eigenvalue weighted by molar-refractivity contribution is 6.13. The normalized spacial score (nSPS) is 12.9. The van der Waals surface area contributed by atoms with Crippen LogP contribution in [0.25, 0.3) is 122 Å². The molecule has 0 fully saturated rings. The highest BCUT2D eigenvalue weighted by Crippen LogP contribution is 2.42. The second-order valence-electron chi connectivity index (χ2n) is 16.1. The van der Waals surface area contributed by atoms with Gasteiger partial charge >= 0.3 is 0 Å². The van der Waals surface area contributed by atoms with Gasteiger partial charge in [-0.15, -0.1) is 0 Å². The molecule has 0 amide bonds. The van der Waals surface area contributed by atoms with E-state index in [0.29, 0.717) is 28.1 Å². The van der Waals surface area contributed by atoms with E-state index in [0.717, 1.165) is 82.4 Å². The van der Waals surface area contributed by atoms with Gasteiger partial charge in [-0.05, 0) is 60.6 Å². The smallest absolute Gasteiger partial charge is 0.240 e. The molecule has 5 aromatic heterocycles. The van der Waals surface area contributed by atoms with E-state index in [1.165, 1.54) is 0 Å². The maximum atomic E-state index is 9.44. The molecule has 7 nitrogen and oxygen atoms in total. The average molecular weight is 822 g/mol. The quantitative estimate of drug-likeness (QED) is 0.174. The van der Waals surface area contributed by atoms with Crippen molar-refractivity contribution in [3.8, 4) is 34.7 Å². The number of benzene rings is 9. The number of aromatic nitrogens is 7. The van der Waals surface area contributed by atoms with Gasteiger partial charge in [0.15, 0.2) is 5.82 Å². The Balaban J connectivity index is 1.20. The summed E-state index contributed by atoms with van der Waals surface area (Å²) in [6, 6.07) is 63.3. The first-order valence-corrected chi connectivity index (χ1v) is 21.3. The van der Waals surface area contributed by atoms with Crippen molar-refractivity contribution in [3.05, 3.63) is 212 Å². The summed E-state index contributed by atoms with van der Waals surface area (Å²) in [5.41, 5.74) is 9.22. The molecule has 9 aromatic carbocycles. The van der Waals surface area contributed by atoms with Gasteiger partial charge in [0.2, 0.25) is 11.9 Å². The lowest BCUT2D eigenvalue weighted by Crippen LogP contribution is -2.12. The Morgan fingerprint density at radius 3 is 0.984 bits per heavy atom. The number of hydrogen-bond donors (Lipinski definition) is 0. The van der Waals surface area contributed by atoms with Gasteiger partial charge in [-0.25, -0.2) is 0 Å². The van der Waals surface area contributed by atoms with Crippen molar-refractivity contribution in [2.24, 2.45) is 0 Å². The van der Waals surface area contributed by atoms with E-state index in [2.05, 4.69) is 153 Å². The molecule has 0 saturated carbocycles. The predicted molar refractivity (Wildman–Crippen MR) is 263 cm³/mol. The third-order valence-corrected chi connectivity index (χ3v) is 12.8. The molecule has 0 spiro atoms. The van der Waals surface area contributed by atoms with Gasteiger partial charge in [0.05, 0.1) is 66.6 Å². The van der Waals surface area contributed by atoms with Gasteiger partial charge in [0.25, 0.3) is 0 Å². The van der Waals surface area contributed by atoms with Crippen molar-refractivity contribution in [2.75, 3.05) is 0 Å². The van der Waals surface area contributed by atoms with Crippen LogP contribution in [-0.4, -0.2) is 33.2 Å². The zero-order chi connectivity index (χ0) is 45.4. The zero-order valence-electron chi connectivity index (χ0n) is 38.0. The van der Waals surface area contributed by atoms with Crippen LogP contribution >= 0.6 is 0 Å². The SMILES string of the molecule is [2H]c1c([2H])c([2H])c2c(c1[2H])c1ccccc1n2-c1nc(-c2c(-n3c4ccccc4c4ccccc43)cccc2-n2c3ccccc3c3ccccc32)nc(-n2c3ccccc3c3ccccc32)n1. The predicted octanol–water partition coefficient (Wildman–Crippen LogP) is 13.9. The van der Waals surface area contributed by atoms with Crippen molar-refractivity contribution in [3.63, 3.8) is 0 Å². The minimum atomic E-state index is -0.339. The van der Waals surface area contributed by atoms with E-state index in [9.17, 15) is 2.74 Å². The summed E-state index contributed by atoms with van der Waals surface area (Å²) in [7, 11) is 0. The molecular weight excluding hydrogens is 783 g/mol. The molecule has 0 bridgehead atoms. The molecular formula is C57H35N7. The van der Waals surface area contributed by atoms with Crippen LogP contribution in [0, 0.1) is 0 Å². The van der Waals surface area contributed by atoms with Gasteiger partial charge < -0.3 is 9.13 Å². The Morgan fingerprint density at radius 2 is 0.594 bits per heavy atom. The van der Waals surface area contributed by atoms with Crippen LogP contribution in [0.1, 0.15) is 5.48 Å². The number of hydrogen-bond acceptors (Lipinski definition) is 3. The molecule has 5 heterocycles. The Bertz CT molecular complexity index is 4170. The van der Waals surface area contributed by atoms with Crippen LogP contribution in [-0.2, 0) is 0 Å². The molecule has 0 aliphatic carbocycles. The maximum absolute atomic E-state index is 9.44. The molecule has 298 valence electrons. The van der Waals surface area contributed by atoms with Crippen LogP contribution in [0.3, 0.4) is 0 Å². The van der Waals surface area contributed by atoms with Crippen LogP contribution in [0.4, 0.5) is 0 Å². The van der Waals surface area contributed by atoms with Crippen LogP contribution in [0.5, 0.6) is 0 Å². The molecule has 0 aliphatic rings. The summed E-state index contributed by atoms with van der Waals surface area (Å²) < 4.78 is 44.8. The molecule has 7 heteroatoms. The van der Waals surface area contributed by atoms with Crippen molar-refractivity contribution >= 4 is 87.2 Å². The third-order valence-electron chi connectivity index (χ3n) is 12.8. The summed E-state index contributed by atoms with van der Waals surface area (Å²) in [6.45, 7) is 0. The summed E-state index contributed by atoms with van der Waals surface area (Å²) >= 11 is 0. The van der Waals surface area contributed by atoms with Crippen molar-refractivity contribution in [1.82, 2.24) is 33.2 Å². The van der Waals surface area contributed by atoms with Crippen LogP contribution in [0.15, 0.2) is 212 Å². The minimum absolute atomic E-state index is 0.127. The van der Waals surface area contributed by atoms with Gasteiger partial charge in [0, 0.05) is 43.1 Å². The highest BCUT2D eigenvalue weighted by atomic mass is 15.3. The van der Waals surface area contributed by atoms with E-state index in [1.54, 1.807) is 4.57 Å². The molecule has 0 atom stereocenters. The van der Waals surface area contributed by atoms with Gasteiger partial charge in [-0.3, -0.25) is 9.13 Å². The molecule has 0 unspecified atom stereocenters. The molecule has 0 radical (unpaired) electrons. The molecule has 14 aromatic rings. The molecule has 14 rings (SSSR count). The zero-order valence-corrected chi connectivity index (χ0v) is 34.0. The Kier molecular flexibility index (Phi) is 6.48. The van der Waals surface area contributed by atoms with Gasteiger partial charge in [-0.1, -0.05) is 152 Å². The average Bonchev–Trinajstić information content (AvgIpc) is 4.12. The first-order chi connectivity index (χ1) is 33.5. The van der Waals surface area contributed by atoms with Gasteiger partial charge in [0.1, 0.15) is 0 Å². The first-order valence-electron chi connectivity index (χ1n) is 23.3. The van der Waals surface area contributed by atoms with E-state index in [1.807, 2.05) is 48.5 Å². The molecule has 0 saturated heterocycles. The standard InChI is InChI=1S/C57H35N7/c1-9-26-44-36(18-1)37-19-2-10-27-45(37)61(44)52-34-17-35-53(62-46-28-11-3-20-38(46)39-21-4-12-29-47(39)62)54(52)55-58-56(63-48-30-13-5-22-40(48)41-23-6-14-31-49(41)63)60-57(59-55)64-50-32-15-7-24-42(50)43-25-8-16-33-51(43)64/h1-35H/i5D,13D,22D,30D. The molecule has 64 heavy (non-hydrogen) atoms. The topological polar surface area (TPSA) is 58.4 Å². The first kappa shape index (κ1) is 31.1. The summed E-state index contributed by atoms with van der Waals surface area (Å²) in [5, 5.41) is 7.56. The summed E-state index contributed by atoms with van der Waals surface area (Å²) in [4.78, 5) is 16.5. The van der Waals surface area contributed by atoms with Crippen molar-refractivity contribution in [2.45, 2.75) is 0 Å². The monoisotopic (exact) mass is 821 g/mol. The fourth-order valence-electron chi connectivity index (χ4n) is 10.2. The fraction of sp³-hybridized carbons (Fsp3) is 0. The number of nitrogens with zero attached hydrogens (tertiary/aromatic N) is 7. The summed E-state index contributed by atoms with van der Waals surface area (Å²) in [5.74, 6) is 0.917. The second kappa shape index (κ2) is 13.3. The maximum Gasteiger partial charge on any atom is 0.240 e. The van der Waals surface area contributed by atoms with Crippen molar-refractivity contribution in [1.29, 1.82) is 0 Å². The lowest BCUT2D eigenvalue weighted by atomic mass is 10.1. The lowest BCUT2D eigenvalue weighted by molar-refractivity contribution is 0.890. The Morgan fingerprint density at radius 1 is 0.281 bits per heavy atom. The van der Waals surface area contributed by atoms with Crippen LogP contribution < -0.4 is 0 Å². The highest BCUT2D eigenvalue weighted by Gasteiger charge is 2.26. The van der Waals surface area contributed by atoms with E-state index < -0.39 is 0 Å². The molecule has 0 N–H and O–H groups in total. The number of para-hydroxylation sites is 8. The van der Waals surface area contributed by atoms with Gasteiger partial charge in [-0.2, -0.15) is 15.0 Å². The third kappa shape index (κ3) is 4.83. The lowest BCUT2D eigenvalue weighted by Gasteiger charge is -2.20. The summed E-state index contributed by atoms with van der Waals surface area (Å²) in [6.07, 6.45) is 0. The van der Waals surface area contributed by atoms with Crippen LogP contribution in [0.2, 0.25) is 0 Å². The van der Waals surface area contributed by atoms with E-state index in [4.69, 9.17) is 17.7 Å². The van der Waals surface area contributed by atoms with E-state index in [-0.39, 0.29) is 35.6 Å². The molecule has 0 aliphatic heterocycles. The number of fused-ring (bicyclic) bond motifs is 12. The second-order valence-corrected chi connectivity index (χ2v) is 16.1. The Labute approximate surface area is 371 Å². The van der Waals surface area contributed by atoms with Crippen molar-refractivity contribution < 1.29 is 5.48 Å².